The molecule has 0 aliphatic carbocycles. The lowest BCUT2D eigenvalue weighted by Gasteiger charge is -2.18. The van der Waals surface area contributed by atoms with Crippen molar-refractivity contribution in [2.75, 3.05) is 13.8 Å². The van der Waals surface area contributed by atoms with Crippen molar-refractivity contribution >= 4 is 28.7 Å². The number of H-pyrrole nitrogens is 1. The van der Waals surface area contributed by atoms with E-state index in [9.17, 15) is 4.79 Å². The molecule has 3 aromatic carbocycles. The monoisotopic (exact) mass is 431 g/mol. The highest BCUT2D eigenvalue weighted by Gasteiger charge is 2.16. The second kappa shape index (κ2) is 8.35. The largest absolute Gasteiger partial charge is 0.454 e. The number of thioether (sulfide) groups is 1. The van der Waals surface area contributed by atoms with Crippen LogP contribution in [-0.2, 0) is 12.3 Å². The third-order valence-corrected chi connectivity index (χ3v) is 6.09. The highest BCUT2D eigenvalue weighted by atomic mass is 32.2. The van der Waals surface area contributed by atoms with Crippen LogP contribution in [0.2, 0.25) is 0 Å². The molecule has 1 amide bonds. The van der Waals surface area contributed by atoms with E-state index in [1.54, 1.807) is 23.7 Å². The summed E-state index contributed by atoms with van der Waals surface area (Å²) in [7, 11) is 1.80. The number of hydrogen-bond acceptors (Lipinski definition) is 5. The molecule has 0 saturated heterocycles. The van der Waals surface area contributed by atoms with Gasteiger partial charge in [0.05, 0.1) is 11.0 Å². The maximum Gasteiger partial charge on any atom is 0.253 e. The van der Waals surface area contributed by atoms with Gasteiger partial charge in [-0.2, -0.15) is 0 Å². The van der Waals surface area contributed by atoms with Crippen LogP contribution >= 0.6 is 11.8 Å². The van der Waals surface area contributed by atoms with E-state index in [0.29, 0.717) is 12.1 Å². The normalized spacial score (nSPS) is 12.3. The number of aromatic amines is 1. The van der Waals surface area contributed by atoms with Crippen LogP contribution in [0.5, 0.6) is 11.5 Å². The van der Waals surface area contributed by atoms with Crippen LogP contribution in [0.15, 0.2) is 71.9 Å². The molecule has 0 radical (unpaired) electrons. The third-order valence-electron chi connectivity index (χ3n) is 5.15. The standard InChI is InChI=1S/C24H21N3O3S/c1-27(13-17-8-11-21-22(12-17)30-15-29-21)23(28)18-9-6-16(7-10-18)14-31-24-25-19-4-2-3-5-20(19)26-24/h2-12H,13-15H2,1H3,(H,25,26). The molecule has 1 aromatic heterocycles. The van der Waals surface area contributed by atoms with Gasteiger partial charge in [-0.15, -0.1) is 0 Å². The van der Waals surface area contributed by atoms with Gasteiger partial charge < -0.3 is 19.4 Å². The van der Waals surface area contributed by atoms with Crippen molar-refractivity contribution in [2.24, 2.45) is 0 Å². The van der Waals surface area contributed by atoms with Gasteiger partial charge in [0.25, 0.3) is 5.91 Å². The van der Waals surface area contributed by atoms with Gasteiger partial charge in [0.1, 0.15) is 0 Å². The number of hydrogen-bond donors (Lipinski definition) is 1. The van der Waals surface area contributed by atoms with Crippen LogP contribution in [0.1, 0.15) is 21.5 Å². The number of fused-ring (bicyclic) bond motifs is 2. The average molecular weight is 432 g/mol. The maximum absolute atomic E-state index is 12.8. The number of carbonyl (C=O) groups excluding carboxylic acids is 1. The summed E-state index contributed by atoms with van der Waals surface area (Å²) in [5, 5.41) is 0.893. The fourth-order valence-corrected chi connectivity index (χ4v) is 4.34. The van der Waals surface area contributed by atoms with Crippen LogP contribution in [0.3, 0.4) is 0 Å². The zero-order valence-corrected chi connectivity index (χ0v) is 17.8. The van der Waals surface area contributed by atoms with Gasteiger partial charge in [0, 0.05) is 24.9 Å². The minimum atomic E-state index is -0.0193. The predicted octanol–water partition coefficient (Wildman–Crippen LogP) is 4.86. The van der Waals surface area contributed by atoms with Gasteiger partial charge in [0.15, 0.2) is 16.7 Å². The second-order valence-electron chi connectivity index (χ2n) is 7.39. The molecule has 7 heteroatoms. The average Bonchev–Trinajstić information content (AvgIpc) is 3.43. The van der Waals surface area contributed by atoms with Crippen LogP contribution in [0.25, 0.3) is 11.0 Å². The molecular weight excluding hydrogens is 410 g/mol. The summed E-state index contributed by atoms with van der Waals surface area (Å²) in [4.78, 5) is 22.4. The molecule has 1 aliphatic heterocycles. The molecule has 0 atom stereocenters. The Morgan fingerprint density at radius 1 is 1.03 bits per heavy atom. The van der Waals surface area contributed by atoms with Gasteiger partial charge in [0.2, 0.25) is 6.79 Å². The van der Waals surface area contributed by atoms with Crippen molar-refractivity contribution in [1.82, 2.24) is 14.9 Å². The van der Waals surface area contributed by atoms with Crippen LogP contribution in [-0.4, -0.2) is 34.6 Å². The molecular formula is C24H21N3O3S. The number of para-hydroxylation sites is 2. The zero-order chi connectivity index (χ0) is 21.2. The Morgan fingerprint density at radius 2 is 1.81 bits per heavy atom. The number of ether oxygens (including phenoxy) is 2. The van der Waals surface area contributed by atoms with Crippen LogP contribution in [0, 0.1) is 0 Å². The number of nitrogens with one attached hydrogen (secondary N) is 1. The summed E-state index contributed by atoms with van der Waals surface area (Å²) < 4.78 is 10.8. The van der Waals surface area contributed by atoms with Gasteiger partial charge in [-0.25, -0.2) is 4.98 Å². The molecule has 6 nitrogen and oxygen atoms in total. The molecule has 156 valence electrons. The lowest BCUT2D eigenvalue weighted by molar-refractivity contribution is 0.0785. The first-order valence-electron chi connectivity index (χ1n) is 9.96. The minimum absolute atomic E-state index is 0.0193. The number of nitrogens with zero attached hydrogens (tertiary/aromatic N) is 2. The lowest BCUT2D eigenvalue weighted by atomic mass is 10.1. The lowest BCUT2D eigenvalue weighted by Crippen LogP contribution is -2.26. The van der Waals surface area contributed by atoms with Crippen molar-refractivity contribution < 1.29 is 14.3 Å². The minimum Gasteiger partial charge on any atom is -0.454 e. The zero-order valence-electron chi connectivity index (χ0n) is 17.0. The van der Waals surface area contributed by atoms with E-state index in [1.807, 2.05) is 66.7 Å². The summed E-state index contributed by atoms with van der Waals surface area (Å²) >= 11 is 1.65. The van der Waals surface area contributed by atoms with E-state index in [1.165, 1.54) is 0 Å². The molecule has 0 spiro atoms. The van der Waals surface area contributed by atoms with Gasteiger partial charge in [-0.1, -0.05) is 42.1 Å². The third kappa shape index (κ3) is 4.22. The number of imidazole rings is 1. The van der Waals surface area contributed by atoms with E-state index >= 15 is 0 Å². The smallest absolute Gasteiger partial charge is 0.253 e. The summed E-state index contributed by atoms with van der Waals surface area (Å²) in [6, 6.07) is 21.5. The van der Waals surface area contributed by atoms with Crippen molar-refractivity contribution in [2.45, 2.75) is 17.5 Å². The Hall–Kier alpha value is -3.45. The Morgan fingerprint density at radius 3 is 2.65 bits per heavy atom. The Labute approximate surface area is 184 Å². The number of benzene rings is 3. The van der Waals surface area contributed by atoms with Crippen LogP contribution in [0.4, 0.5) is 0 Å². The number of aromatic nitrogens is 2. The molecule has 0 saturated carbocycles. The predicted molar refractivity (Wildman–Crippen MR) is 120 cm³/mol. The number of rotatable bonds is 6. The Bertz CT molecular complexity index is 1200. The van der Waals surface area contributed by atoms with Gasteiger partial charge in [-0.3, -0.25) is 4.79 Å². The van der Waals surface area contributed by atoms with E-state index in [2.05, 4.69) is 9.97 Å². The first kappa shape index (κ1) is 19.5. The highest BCUT2D eigenvalue weighted by Crippen LogP contribution is 2.32. The van der Waals surface area contributed by atoms with E-state index in [-0.39, 0.29) is 12.7 Å². The van der Waals surface area contributed by atoms with E-state index < -0.39 is 0 Å². The molecule has 1 N–H and O–H groups in total. The summed E-state index contributed by atoms with van der Waals surface area (Å²) in [5.74, 6) is 2.23. The van der Waals surface area contributed by atoms with Crippen molar-refractivity contribution in [1.29, 1.82) is 0 Å². The van der Waals surface area contributed by atoms with Crippen molar-refractivity contribution in [3.63, 3.8) is 0 Å². The number of amides is 1. The van der Waals surface area contributed by atoms with E-state index in [0.717, 1.165) is 44.6 Å². The first-order chi connectivity index (χ1) is 15.2. The molecule has 1 aliphatic rings. The fraction of sp³-hybridized carbons (Fsp3) is 0.167. The molecule has 0 unspecified atom stereocenters. The van der Waals surface area contributed by atoms with Crippen molar-refractivity contribution in [3.8, 4) is 11.5 Å². The molecule has 0 fully saturated rings. The maximum atomic E-state index is 12.8. The Kier molecular flexibility index (Phi) is 5.26. The van der Waals surface area contributed by atoms with E-state index in [4.69, 9.17) is 9.47 Å². The summed E-state index contributed by atoms with van der Waals surface area (Å²) in [6.07, 6.45) is 0. The topological polar surface area (TPSA) is 67.5 Å². The van der Waals surface area contributed by atoms with Crippen LogP contribution < -0.4 is 9.47 Å². The van der Waals surface area contributed by atoms with Crippen molar-refractivity contribution in [3.05, 3.63) is 83.4 Å². The van der Waals surface area contributed by atoms with Gasteiger partial charge in [-0.05, 0) is 47.5 Å². The molecule has 0 bridgehead atoms. The first-order valence-corrected chi connectivity index (χ1v) is 10.9. The molecule has 5 rings (SSSR count). The quantitative estimate of drug-likeness (QED) is 0.442. The fourth-order valence-electron chi connectivity index (χ4n) is 3.50. The highest BCUT2D eigenvalue weighted by molar-refractivity contribution is 7.98. The number of carbonyl (C=O) groups is 1. The second-order valence-corrected chi connectivity index (χ2v) is 8.36. The SMILES string of the molecule is CN(Cc1ccc2c(c1)OCO2)C(=O)c1ccc(CSc2nc3ccccc3[nH]2)cc1. The Balaban J connectivity index is 1.20. The summed E-state index contributed by atoms with van der Waals surface area (Å²) in [5.41, 5.74) is 4.81. The van der Waals surface area contributed by atoms with Gasteiger partial charge >= 0.3 is 0 Å². The molecule has 31 heavy (non-hydrogen) atoms. The summed E-state index contributed by atoms with van der Waals surface area (Å²) in [6.45, 7) is 0.744. The molecule has 2 heterocycles. The molecule has 4 aromatic rings.